The van der Waals surface area contributed by atoms with Crippen LogP contribution in [-0.2, 0) is 11.2 Å². The molecule has 0 aliphatic rings. The molecule has 0 saturated heterocycles. The number of benzene rings is 2. The summed E-state index contributed by atoms with van der Waals surface area (Å²) in [5.74, 6) is 0.143. The average Bonchev–Trinajstić information content (AvgIpc) is 2.46. The van der Waals surface area contributed by atoms with E-state index in [0.29, 0.717) is 12.3 Å². The molecule has 104 valence electrons. The van der Waals surface area contributed by atoms with Gasteiger partial charge in [0.2, 0.25) is 5.91 Å². The molecule has 0 heterocycles. The van der Waals surface area contributed by atoms with Crippen LogP contribution in [0.5, 0.6) is 0 Å². The van der Waals surface area contributed by atoms with Gasteiger partial charge in [0, 0.05) is 12.2 Å². The second-order valence-electron chi connectivity index (χ2n) is 5.03. The van der Waals surface area contributed by atoms with Gasteiger partial charge in [0.05, 0.1) is 6.42 Å². The molecular weight excluding hydrogens is 248 g/mol. The van der Waals surface area contributed by atoms with Gasteiger partial charge in [-0.25, -0.2) is 0 Å². The Bertz CT molecular complexity index is 549. The maximum absolute atomic E-state index is 10.8. The monoisotopic (exact) mass is 268 g/mol. The molecule has 1 amide bonds. The highest BCUT2D eigenvalue weighted by Gasteiger charge is 2.04. The summed E-state index contributed by atoms with van der Waals surface area (Å²) in [6, 6.07) is 18.3. The average molecular weight is 268 g/mol. The van der Waals surface area contributed by atoms with Crippen molar-refractivity contribution >= 4 is 11.6 Å². The number of nitrogens with two attached hydrogens (primary N) is 1. The van der Waals surface area contributed by atoms with Crippen molar-refractivity contribution in [2.75, 3.05) is 11.9 Å². The molecule has 3 N–H and O–H groups in total. The Balaban J connectivity index is 1.89. The van der Waals surface area contributed by atoms with Gasteiger partial charge in [0.15, 0.2) is 0 Å². The predicted molar refractivity (Wildman–Crippen MR) is 82.7 cm³/mol. The minimum Gasteiger partial charge on any atom is -0.384 e. The van der Waals surface area contributed by atoms with Gasteiger partial charge in [-0.2, -0.15) is 0 Å². The highest BCUT2D eigenvalue weighted by molar-refractivity contribution is 5.76. The van der Waals surface area contributed by atoms with E-state index in [1.54, 1.807) is 0 Å². The lowest BCUT2D eigenvalue weighted by Crippen LogP contribution is -2.13. The van der Waals surface area contributed by atoms with Gasteiger partial charge in [-0.1, -0.05) is 49.4 Å². The molecule has 3 heteroatoms. The van der Waals surface area contributed by atoms with Crippen LogP contribution in [-0.4, -0.2) is 12.5 Å². The standard InChI is InChI=1S/C17H20N2O/c1-13(15-5-3-2-4-6-15)12-19-16-9-7-14(8-10-16)11-17(18)20/h2-10,13,19H,11-12H2,1H3,(H2,18,20). The maximum atomic E-state index is 10.8. The summed E-state index contributed by atoms with van der Waals surface area (Å²) >= 11 is 0. The molecule has 2 aromatic carbocycles. The Morgan fingerprint density at radius 2 is 1.75 bits per heavy atom. The summed E-state index contributed by atoms with van der Waals surface area (Å²) < 4.78 is 0. The lowest BCUT2D eigenvalue weighted by molar-refractivity contribution is -0.117. The fourth-order valence-electron chi connectivity index (χ4n) is 2.11. The molecule has 2 rings (SSSR count). The summed E-state index contributed by atoms with van der Waals surface area (Å²) in [7, 11) is 0. The summed E-state index contributed by atoms with van der Waals surface area (Å²) in [6.07, 6.45) is 0.292. The number of anilines is 1. The largest absolute Gasteiger partial charge is 0.384 e. The number of hydrogen-bond acceptors (Lipinski definition) is 2. The van der Waals surface area contributed by atoms with Gasteiger partial charge in [-0.05, 0) is 29.2 Å². The van der Waals surface area contributed by atoms with Crippen molar-refractivity contribution in [2.24, 2.45) is 5.73 Å². The van der Waals surface area contributed by atoms with Gasteiger partial charge >= 0.3 is 0 Å². The first-order valence-electron chi connectivity index (χ1n) is 6.81. The van der Waals surface area contributed by atoms with Crippen molar-refractivity contribution in [1.29, 1.82) is 0 Å². The number of nitrogens with one attached hydrogen (secondary N) is 1. The molecule has 1 unspecified atom stereocenters. The zero-order valence-electron chi connectivity index (χ0n) is 11.7. The number of hydrogen-bond donors (Lipinski definition) is 2. The van der Waals surface area contributed by atoms with Gasteiger partial charge in [-0.15, -0.1) is 0 Å². The van der Waals surface area contributed by atoms with E-state index >= 15 is 0 Å². The highest BCUT2D eigenvalue weighted by Crippen LogP contribution is 2.16. The Morgan fingerprint density at radius 1 is 1.10 bits per heavy atom. The van der Waals surface area contributed by atoms with Crippen molar-refractivity contribution in [1.82, 2.24) is 0 Å². The Hall–Kier alpha value is -2.29. The fourth-order valence-corrected chi connectivity index (χ4v) is 2.11. The second-order valence-corrected chi connectivity index (χ2v) is 5.03. The van der Waals surface area contributed by atoms with Gasteiger partial charge in [0.1, 0.15) is 0 Å². The van der Waals surface area contributed by atoms with Gasteiger partial charge in [0.25, 0.3) is 0 Å². The zero-order valence-corrected chi connectivity index (χ0v) is 11.7. The van der Waals surface area contributed by atoms with Crippen LogP contribution in [0.4, 0.5) is 5.69 Å². The molecule has 3 nitrogen and oxygen atoms in total. The molecule has 20 heavy (non-hydrogen) atoms. The van der Waals surface area contributed by atoms with E-state index in [2.05, 4.69) is 36.5 Å². The van der Waals surface area contributed by atoms with Crippen molar-refractivity contribution in [3.63, 3.8) is 0 Å². The molecule has 1 atom stereocenters. The van der Waals surface area contributed by atoms with Crippen molar-refractivity contribution < 1.29 is 4.79 Å². The minimum absolute atomic E-state index is 0.292. The predicted octanol–water partition coefficient (Wildman–Crippen LogP) is 2.93. The van der Waals surface area contributed by atoms with Crippen molar-refractivity contribution in [3.8, 4) is 0 Å². The molecular formula is C17H20N2O. The van der Waals surface area contributed by atoms with E-state index in [9.17, 15) is 4.79 Å². The van der Waals surface area contributed by atoms with E-state index < -0.39 is 0 Å². The summed E-state index contributed by atoms with van der Waals surface area (Å²) in [5.41, 5.74) is 8.50. The van der Waals surface area contributed by atoms with Crippen LogP contribution in [0, 0.1) is 0 Å². The van der Waals surface area contributed by atoms with Crippen molar-refractivity contribution in [3.05, 3.63) is 65.7 Å². The molecule has 0 fully saturated rings. The molecule has 0 saturated carbocycles. The van der Waals surface area contributed by atoms with Crippen LogP contribution in [0.1, 0.15) is 24.0 Å². The van der Waals surface area contributed by atoms with E-state index in [0.717, 1.165) is 17.8 Å². The fraction of sp³-hybridized carbons (Fsp3) is 0.235. The van der Waals surface area contributed by atoms with E-state index in [1.165, 1.54) is 5.56 Å². The van der Waals surface area contributed by atoms with Crippen LogP contribution in [0.25, 0.3) is 0 Å². The van der Waals surface area contributed by atoms with E-state index in [-0.39, 0.29) is 5.91 Å². The first-order valence-corrected chi connectivity index (χ1v) is 6.81. The first-order chi connectivity index (χ1) is 9.65. The summed E-state index contributed by atoms with van der Waals surface area (Å²) in [5, 5.41) is 3.41. The molecule has 0 bridgehead atoms. The number of primary amides is 1. The number of amides is 1. The molecule has 0 aromatic heterocycles. The lowest BCUT2D eigenvalue weighted by atomic mass is 10.0. The molecule has 0 aliphatic carbocycles. The van der Waals surface area contributed by atoms with Gasteiger partial charge < -0.3 is 11.1 Å². The second kappa shape index (κ2) is 6.75. The topological polar surface area (TPSA) is 55.1 Å². The SMILES string of the molecule is CC(CNc1ccc(CC(N)=O)cc1)c1ccccc1. The third-order valence-corrected chi connectivity index (χ3v) is 3.31. The Labute approximate surface area is 119 Å². The third-order valence-electron chi connectivity index (χ3n) is 3.31. The maximum Gasteiger partial charge on any atom is 0.221 e. The first kappa shape index (κ1) is 14.1. The molecule has 0 spiro atoms. The molecule has 2 aromatic rings. The number of rotatable bonds is 6. The minimum atomic E-state index is -0.302. The van der Waals surface area contributed by atoms with Gasteiger partial charge in [-0.3, -0.25) is 4.79 Å². The summed E-state index contributed by atoms with van der Waals surface area (Å²) in [4.78, 5) is 10.8. The Kier molecular flexibility index (Phi) is 4.77. The normalized spacial score (nSPS) is 11.8. The van der Waals surface area contributed by atoms with Crippen LogP contribution >= 0.6 is 0 Å². The highest BCUT2D eigenvalue weighted by atomic mass is 16.1. The van der Waals surface area contributed by atoms with Crippen LogP contribution < -0.4 is 11.1 Å². The van der Waals surface area contributed by atoms with Crippen molar-refractivity contribution in [2.45, 2.75) is 19.3 Å². The quantitative estimate of drug-likeness (QED) is 0.846. The number of carbonyl (C=O) groups excluding carboxylic acids is 1. The zero-order chi connectivity index (χ0) is 14.4. The molecule has 0 aliphatic heterocycles. The summed E-state index contributed by atoms with van der Waals surface area (Å²) in [6.45, 7) is 3.07. The van der Waals surface area contributed by atoms with Crippen LogP contribution in [0.2, 0.25) is 0 Å². The Morgan fingerprint density at radius 3 is 2.35 bits per heavy atom. The third kappa shape index (κ3) is 4.12. The van der Waals surface area contributed by atoms with Crippen LogP contribution in [0.15, 0.2) is 54.6 Å². The van der Waals surface area contributed by atoms with E-state index in [1.807, 2.05) is 30.3 Å². The smallest absolute Gasteiger partial charge is 0.221 e. The van der Waals surface area contributed by atoms with Crippen LogP contribution in [0.3, 0.4) is 0 Å². The lowest BCUT2D eigenvalue weighted by Gasteiger charge is -2.14. The number of carbonyl (C=O) groups is 1. The van der Waals surface area contributed by atoms with E-state index in [4.69, 9.17) is 5.73 Å². The molecule has 0 radical (unpaired) electrons.